The van der Waals surface area contributed by atoms with Crippen molar-refractivity contribution < 1.29 is 20.1 Å². The molecule has 4 aliphatic rings. The zero-order chi connectivity index (χ0) is 30.2. The van der Waals surface area contributed by atoms with Gasteiger partial charge in [-0.25, -0.2) is 0 Å². The summed E-state index contributed by atoms with van der Waals surface area (Å²) >= 11 is 3.53. The Morgan fingerprint density at radius 3 is 2.26 bits per heavy atom. The molecule has 0 aliphatic heterocycles. The highest BCUT2D eigenvalue weighted by Crippen LogP contribution is 2.56. The molecule has 0 bridgehead atoms. The number of aromatic hydroxyl groups is 1. The number of hydrogen-bond acceptors (Lipinski definition) is 9. The average Bonchev–Trinajstić information content (AvgIpc) is 3.46. The Bertz CT molecular complexity index is 2430. The van der Waals surface area contributed by atoms with Crippen LogP contribution in [-0.4, -0.2) is 26.9 Å². The minimum atomic E-state index is -1.97. The van der Waals surface area contributed by atoms with E-state index < -0.39 is 76.6 Å². The highest BCUT2D eigenvalue weighted by atomic mass is 79.9. The first kappa shape index (κ1) is 27.4. The van der Waals surface area contributed by atoms with Gasteiger partial charge >= 0.3 is 0 Å². The predicted molar refractivity (Wildman–Crippen MR) is 159 cm³/mol. The number of halogens is 1. The number of benzene rings is 1. The van der Waals surface area contributed by atoms with Gasteiger partial charge in [-0.15, -0.1) is 0 Å². The van der Waals surface area contributed by atoms with Gasteiger partial charge in [0.1, 0.15) is 22.7 Å². The number of pyridine rings is 1. The Labute approximate surface area is 243 Å². The number of aliphatic hydroxyl groups excluding tert-OH is 2. The molecule has 1 heterocycles. The smallest absolute Gasteiger partial charge is 0.260 e. The summed E-state index contributed by atoms with van der Waals surface area (Å²) in [5, 5.41) is 32.3. The van der Waals surface area contributed by atoms with E-state index in [4.69, 9.17) is 4.74 Å². The Balaban J connectivity index is 1.76. The third-order valence-corrected chi connectivity index (χ3v) is 8.94. The molecule has 4 aliphatic carbocycles. The van der Waals surface area contributed by atoms with Gasteiger partial charge in [0.15, 0.2) is 11.2 Å². The Hall–Kier alpha value is -4.77. The number of aromatic amines is 1. The third-order valence-electron chi connectivity index (χ3n) is 8.04. The maximum Gasteiger partial charge on any atom is 0.260 e. The number of aromatic nitrogens is 1. The van der Waals surface area contributed by atoms with Crippen LogP contribution in [0, 0.1) is 10.4 Å². The van der Waals surface area contributed by atoms with E-state index in [0.717, 1.165) is 6.07 Å². The van der Waals surface area contributed by atoms with E-state index in [-0.39, 0.29) is 30.4 Å². The van der Waals surface area contributed by atoms with Crippen LogP contribution < -0.4 is 42.4 Å². The second-order valence-corrected chi connectivity index (χ2v) is 10.9. The quantitative estimate of drug-likeness (QED) is 0.242. The molecule has 1 atom stereocenters. The van der Waals surface area contributed by atoms with Gasteiger partial charge < -0.3 is 25.0 Å². The molecule has 4 N–H and O–H groups in total. The van der Waals surface area contributed by atoms with Gasteiger partial charge in [-0.3, -0.25) is 24.0 Å². The van der Waals surface area contributed by atoms with E-state index in [0.29, 0.717) is 21.1 Å². The van der Waals surface area contributed by atoms with Crippen molar-refractivity contribution in [1.82, 2.24) is 4.98 Å². The fourth-order valence-corrected chi connectivity index (χ4v) is 6.99. The number of phenolic OH excluding ortho intramolecular Hbond substituents is 1. The molecule has 1 aromatic carbocycles. The van der Waals surface area contributed by atoms with E-state index >= 15 is 0 Å². The van der Waals surface area contributed by atoms with Crippen molar-refractivity contribution in [3.63, 3.8) is 0 Å². The number of allylic oxidation sites excluding steroid dienone is 3. The maximum atomic E-state index is 13.7. The Morgan fingerprint density at radius 1 is 0.952 bits per heavy atom. The van der Waals surface area contributed by atoms with Crippen LogP contribution >= 0.6 is 15.9 Å². The SMILES string of the molecule is CC=CC=Cc1cc2c(Br)c3c(c(O)c2c(=O)[nH]1)[C@@]1(CC3)C(O)=c2c(=O)c3c(=O)cc(OCC)c(=O)c=3c(=O)c2=C1O. The molecule has 0 radical (unpaired) electrons. The number of rotatable bonds is 4. The molecule has 0 fully saturated rings. The second-order valence-electron chi connectivity index (χ2n) is 10.1. The van der Waals surface area contributed by atoms with Crippen molar-refractivity contribution in [2.24, 2.45) is 0 Å². The van der Waals surface area contributed by atoms with Gasteiger partial charge in [-0.2, -0.15) is 0 Å². The average molecular weight is 632 g/mol. The molecule has 42 heavy (non-hydrogen) atoms. The molecule has 212 valence electrons. The Morgan fingerprint density at radius 2 is 1.62 bits per heavy atom. The summed E-state index contributed by atoms with van der Waals surface area (Å²) in [5.41, 5.74) is -5.93. The normalized spacial score (nSPS) is 17.9. The highest BCUT2D eigenvalue weighted by molar-refractivity contribution is 9.10. The van der Waals surface area contributed by atoms with Crippen LogP contribution in [0.3, 0.4) is 0 Å². The number of fused-ring (bicyclic) bond motifs is 4. The van der Waals surface area contributed by atoms with Crippen LogP contribution in [0.4, 0.5) is 0 Å². The minimum Gasteiger partial charge on any atom is -0.510 e. The zero-order valence-corrected chi connectivity index (χ0v) is 23.8. The minimum absolute atomic E-state index is 0.0181. The van der Waals surface area contributed by atoms with Gasteiger partial charge in [0.25, 0.3) is 5.56 Å². The van der Waals surface area contributed by atoms with Gasteiger partial charge in [-0.1, -0.05) is 18.2 Å². The van der Waals surface area contributed by atoms with Crippen molar-refractivity contribution >= 4 is 44.3 Å². The molecular weight excluding hydrogens is 610 g/mol. The number of phenols is 1. The van der Waals surface area contributed by atoms with Gasteiger partial charge in [-0.05, 0) is 60.3 Å². The lowest BCUT2D eigenvalue weighted by atomic mass is 9.78. The van der Waals surface area contributed by atoms with E-state index in [9.17, 15) is 39.3 Å². The van der Waals surface area contributed by atoms with Crippen LogP contribution in [0.15, 0.2) is 58.8 Å². The molecule has 6 rings (SSSR count). The molecule has 1 spiro atoms. The monoisotopic (exact) mass is 631 g/mol. The first-order chi connectivity index (χ1) is 20.0. The Kier molecular flexibility index (Phi) is 6.12. The third kappa shape index (κ3) is 3.34. The molecular formula is C31H22BrNO9. The fraction of sp³-hybridized carbons (Fsp3) is 0.194. The summed E-state index contributed by atoms with van der Waals surface area (Å²) in [5.74, 6) is -2.46. The van der Waals surface area contributed by atoms with Gasteiger partial charge in [0, 0.05) is 27.2 Å². The lowest BCUT2D eigenvalue weighted by Gasteiger charge is -2.27. The number of nitrogens with one attached hydrogen (secondary N) is 1. The number of H-pyrrole nitrogens is 1. The topological polar surface area (TPSA) is 171 Å². The van der Waals surface area contributed by atoms with Crippen molar-refractivity contribution in [1.29, 1.82) is 0 Å². The molecule has 0 saturated carbocycles. The van der Waals surface area contributed by atoms with Crippen molar-refractivity contribution in [3.8, 4) is 11.5 Å². The first-order valence-corrected chi connectivity index (χ1v) is 13.9. The van der Waals surface area contributed by atoms with E-state index in [1.807, 2.05) is 13.0 Å². The number of aliphatic hydroxyl groups is 2. The summed E-state index contributed by atoms with van der Waals surface area (Å²) in [6, 6.07) is 2.48. The van der Waals surface area contributed by atoms with Crippen LogP contribution in [-0.2, 0) is 11.8 Å². The van der Waals surface area contributed by atoms with Crippen molar-refractivity contribution in [2.45, 2.75) is 32.1 Å². The zero-order valence-electron chi connectivity index (χ0n) is 22.3. The van der Waals surface area contributed by atoms with Crippen LogP contribution in [0.25, 0.3) is 28.4 Å². The molecule has 10 nitrogen and oxygen atoms in total. The van der Waals surface area contributed by atoms with Gasteiger partial charge in [0.2, 0.25) is 16.3 Å². The maximum absolute atomic E-state index is 13.7. The van der Waals surface area contributed by atoms with Gasteiger partial charge in [0.05, 0.1) is 32.9 Å². The molecule has 2 aromatic rings. The van der Waals surface area contributed by atoms with Crippen LogP contribution in [0.2, 0.25) is 0 Å². The lowest BCUT2D eigenvalue weighted by molar-refractivity contribution is 0.336. The summed E-state index contributed by atoms with van der Waals surface area (Å²) in [6.07, 6.45) is 7.06. The molecule has 0 unspecified atom stereocenters. The summed E-state index contributed by atoms with van der Waals surface area (Å²) in [7, 11) is 0. The largest absolute Gasteiger partial charge is 0.510 e. The second kappa shape index (κ2) is 9.38. The molecule has 0 saturated heterocycles. The lowest BCUT2D eigenvalue weighted by Crippen LogP contribution is -2.52. The van der Waals surface area contributed by atoms with Crippen molar-refractivity contribution in [2.75, 3.05) is 6.61 Å². The highest BCUT2D eigenvalue weighted by Gasteiger charge is 2.53. The number of hydrogen-bond donors (Lipinski definition) is 4. The van der Waals surface area contributed by atoms with Crippen LogP contribution in [0.5, 0.6) is 11.5 Å². The van der Waals surface area contributed by atoms with E-state index in [1.54, 1.807) is 31.2 Å². The van der Waals surface area contributed by atoms with E-state index in [1.165, 1.54) is 0 Å². The summed E-state index contributed by atoms with van der Waals surface area (Å²) in [6.45, 7) is 3.43. The molecule has 11 heteroatoms. The molecule has 1 aromatic heterocycles. The first-order valence-electron chi connectivity index (χ1n) is 13.1. The predicted octanol–water partition coefficient (Wildman–Crippen LogP) is 1.26. The van der Waals surface area contributed by atoms with Crippen molar-refractivity contribution in [3.05, 3.63) is 124 Å². The standard InChI is InChI=1S/C31H22BrNO9/c1-3-5-6-7-12-10-14-17(30(41)33-12)27(38)22-13(23(14)32)8-9-31(22)28(39)20-21(29(31)40)26(37)19-18(25(20)36)15(34)11-16(24(19)35)42-4-2/h3,5-7,10-11,38-40H,4,8-9H2,1-2H3,(H,33,41)/t31-/m0/s1. The van der Waals surface area contributed by atoms with Crippen LogP contribution in [0.1, 0.15) is 37.1 Å². The van der Waals surface area contributed by atoms with E-state index in [2.05, 4.69) is 20.9 Å². The fourth-order valence-electron chi connectivity index (χ4n) is 6.28. The number of ether oxygens (including phenoxy) is 1. The summed E-state index contributed by atoms with van der Waals surface area (Å²) < 4.78 is 5.61. The molecule has 0 amide bonds. The summed E-state index contributed by atoms with van der Waals surface area (Å²) in [4.78, 5) is 69.2.